The summed E-state index contributed by atoms with van der Waals surface area (Å²) in [5, 5.41) is 5.90. The molecule has 0 bridgehead atoms. The van der Waals surface area contributed by atoms with Crippen LogP contribution in [0.15, 0.2) is 42.5 Å². The minimum absolute atomic E-state index is 0.439. The number of benzene rings is 2. The topological polar surface area (TPSA) is 21.3 Å². The van der Waals surface area contributed by atoms with E-state index in [1.165, 1.54) is 17.2 Å². The van der Waals surface area contributed by atoms with Crippen molar-refractivity contribution in [1.82, 2.24) is 5.32 Å². The second-order valence-corrected chi connectivity index (χ2v) is 4.83. The van der Waals surface area contributed by atoms with Crippen LogP contribution in [0.4, 0.5) is 0 Å². The number of hydrogen-bond donors (Lipinski definition) is 1. The Morgan fingerprint density at radius 3 is 2.63 bits per heavy atom. The van der Waals surface area contributed by atoms with E-state index < -0.39 is 0 Å². The highest BCUT2D eigenvalue weighted by molar-refractivity contribution is 5.88. The van der Waals surface area contributed by atoms with Gasteiger partial charge in [-0.1, -0.05) is 56.7 Å². The highest BCUT2D eigenvalue weighted by Gasteiger charge is 2.08. The molecule has 19 heavy (non-hydrogen) atoms. The smallest absolute Gasteiger partial charge is 0.127 e. The van der Waals surface area contributed by atoms with Gasteiger partial charge in [-0.3, -0.25) is 0 Å². The van der Waals surface area contributed by atoms with E-state index in [9.17, 15) is 0 Å². The van der Waals surface area contributed by atoms with Crippen molar-refractivity contribution in [2.24, 2.45) is 0 Å². The number of hydrogen-bond acceptors (Lipinski definition) is 2. The first-order valence-electron chi connectivity index (χ1n) is 7.19. The summed E-state index contributed by atoms with van der Waals surface area (Å²) >= 11 is 0. The second-order valence-electron chi connectivity index (χ2n) is 4.83. The Morgan fingerprint density at radius 1 is 1.05 bits per heavy atom. The molecule has 0 fully saturated rings. The van der Waals surface area contributed by atoms with Crippen LogP contribution in [-0.2, 0) is 0 Å². The highest BCUT2D eigenvalue weighted by atomic mass is 16.5. The predicted octanol–water partition coefficient (Wildman–Crippen LogP) is 4.00. The van der Waals surface area contributed by atoms with Crippen LogP contribution in [0.3, 0.4) is 0 Å². The van der Waals surface area contributed by atoms with E-state index in [0.29, 0.717) is 6.04 Å². The molecule has 102 valence electrons. The summed E-state index contributed by atoms with van der Waals surface area (Å²) in [5.41, 5.74) is 0. The Kier molecular flexibility index (Phi) is 5.22. The molecule has 2 heteroatoms. The maximum absolute atomic E-state index is 6.02. The van der Waals surface area contributed by atoms with Gasteiger partial charge in [0.05, 0.1) is 0 Å². The van der Waals surface area contributed by atoms with Gasteiger partial charge in [0.25, 0.3) is 0 Å². The summed E-state index contributed by atoms with van der Waals surface area (Å²) in [7, 11) is 0. The SMILES string of the molecule is CCCC(COc1cccc2ccccc12)NCC. The molecule has 2 rings (SSSR count). The molecule has 0 aliphatic heterocycles. The van der Waals surface area contributed by atoms with Crippen LogP contribution < -0.4 is 10.1 Å². The molecule has 2 aromatic rings. The van der Waals surface area contributed by atoms with Gasteiger partial charge >= 0.3 is 0 Å². The van der Waals surface area contributed by atoms with Crippen molar-refractivity contribution in [3.8, 4) is 5.75 Å². The van der Waals surface area contributed by atoms with E-state index >= 15 is 0 Å². The van der Waals surface area contributed by atoms with Crippen LogP contribution in [0.5, 0.6) is 5.75 Å². The maximum Gasteiger partial charge on any atom is 0.127 e. The molecule has 0 radical (unpaired) electrons. The van der Waals surface area contributed by atoms with Crippen LogP contribution in [0, 0.1) is 0 Å². The zero-order valence-electron chi connectivity index (χ0n) is 11.9. The summed E-state index contributed by atoms with van der Waals surface area (Å²) in [4.78, 5) is 0. The Labute approximate surface area is 115 Å². The van der Waals surface area contributed by atoms with Gasteiger partial charge in [0.15, 0.2) is 0 Å². The van der Waals surface area contributed by atoms with E-state index in [2.05, 4.69) is 61.6 Å². The highest BCUT2D eigenvalue weighted by Crippen LogP contribution is 2.25. The Balaban J connectivity index is 2.08. The van der Waals surface area contributed by atoms with Crippen molar-refractivity contribution >= 4 is 10.8 Å². The van der Waals surface area contributed by atoms with Gasteiger partial charge in [0.2, 0.25) is 0 Å². The van der Waals surface area contributed by atoms with Gasteiger partial charge in [0, 0.05) is 11.4 Å². The van der Waals surface area contributed by atoms with Crippen molar-refractivity contribution in [1.29, 1.82) is 0 Å². The fourth-order valence-corrected chi connectivity index (χ4v) is 2.39. The second kappa shape index (κ2) is 7.15. The van der Waals surface area contributed by atoms with Crippen LogP contribution in [0.1, 0.15) is 26.7 Å². The van der Waals surface area contributed by atoms with E-state index in [0.717, 1.165) is 25.3 Å². The largest absolute Gasteiger partial charge is 0.491 e. The molecule has 0 saturated heterocycles. The van der Waals surface area contributed by atoms with E-state index in [1.54, 1.807) is 0 Å². The molecule has 0 saturated carbocycles. The first kappa shape index (κ1) is 13.9. The van der Waals surface area contributed by atoms with Crippen molar-refractivity contribution in [3.05, 3.63) is 42.5 Å². The molecule has 2 aromatic carbocycles. The Morgan fingerprint density at radius 2 is 1.84 bits per heavy atom. The third-order valence-electron chi connectivity index (χ3n) is 3.32. The number of likely N-dealkylation sites (N-methyl/N-ethyl adjacent to an activating group) is 1. The summed E-state index contributed by atoms with van der Waals surface area (Å²) in [6, 6.07) is 15.0. The quantitative estimate of drug-likeness (QED) is 0.809. The van der Waals surface area contributed by atoms with Gasteiger partial charge in [-0.25, -0.2) is 0 Å². The minimum Gasteiger partial charge on any atom is -0.491 e. The molecule has 1 N–H and O–H groups in total. The normalized spacial score (nSPS) is 12.5. The molecule has 2 nitrogen and oxygen atoms in total. The average Bonchev–Trinajstić information content (AvgIpc) is 2.45. The van der Waals surface area contributed by atoms with Gasteiger partial charge < -0.3 is 10.1 Å². The Bertz CT molecular complexity index is 498. The fourth-order valence-electron chi connectivity index (χ4n) is 2.39. The molecule has 0 aliphatic rings. The standard InChI is InChI=1S/C17H23NO/c1-3-8-15(18-4-2)13-19-17-12-7-10-14-9-5-6-11-16(14)17/h5-7,9-12,15,18H,3-4,8,13H2,1-2H3. The summed E-state index contributed by atoms with van der Waals surface area (Å²) in [6.07, 6.45) is 2.33. The average molecular weight is 257 g/mol. The van der Waals surface area contributed by atoms with E-state index in [4.69, 9.17) is 4.74 Å². The molecule has 0 amide bonds. The lowest BCUT2D eigenvalue weighted by Crippen LogP contribution is -2.34. The monoisotopic (exact) mass is 257 g/mol. The molecular formula is C17H23NO. The summed E-state index contributed by atoms with van der Waals surface area (Å²) in [5.74, 6) is 0.983. The zero-order chi connectivity index (χ0) is 13.5. The van der Waals surface area contributed by atoms with Crippen LogP contribution >= 0.6 is 0 Å². The fraction of sp³-hybridized carbons (Fsp3) is 0.412. The molecular weight excluding hydrogens is 234 g/mol. The Hall–Kier alpha value is -1.54. The van der Waals surface area contributed by atoms with Crippen LogP contribution in [0.2, 0.25) is 0 Å². The predicted molar refractivity (Wildman–Crippen MR) is 81.8 cm³/mol. The minimum atomic E-state index is 0.439. The lowest BCUT2D eigenvalue weighted by Gasteiger charge is -2.18. The molecule has 0 spiro atoms. The van der Waals surface area contributed by atoms with E-state index in [1.807, 2.05) is 0 Å². The molecule has 1 unspecified atom stereocenters. The zero-order valence-corrected chi connectivity index (χ0v) is 11.9. The summed E-state index contributed by atoms with van der Waals surface area (Å²) in [6.45, 7) is 6.07. The van der Waals surface area contributed by atoms with Crippen LogP contribution in [0.25, 0.3) is 10.8 Å². The van der Waals surface area contributed by atoms with Gasteiger partial charge in [-0.15, -0.1) is 0 Å². The van der Waals surface area contributed by atoms with Gasteiger partial charge in [-0.05, 0) is 24.4 Å². The lowest BCUT2D eigenvalue weighted by molar-refractivity contribution is 0.260. The maximum atomic E-state index is 6.02. The number of ether oxygens (including phenoxy) is 1. The van der Waals surface area contributed by atoms with Crippen LogP contribution in [-0.4, -0.2) is 19.2 Å². The van der Waals surface area contributed by atoms with Crippen molar-refractivity contribution in [2.45, 2.75) is 32.7 Å². The summed E-state index contributed by atoms with van der Waals surface area (Å²) < 4.78 is 6.02. The third-order valence-corrected chi connectivity index (χ3v) is 3.32. The van der Waals surface area contributed by atoms with E-state index in [-0.39, 0.29) is 0 Å². The molecule has 0 aromatic heterocycles. The number of fused-ring (bicyclic) bond motifs is 1. The molecule has 0 heterocycles. The first-order chi connectivity index (χ1) is 9.35. The lowest BCUT2D eigenvalue weighted by atomic mass is 10.1. The number of rotatable bonds is 7. The first-order valence-corrected chi connectivity index (χ1v) is 7.19. The van der Waals surface area contributed by atoms with Gasteiger partial charge in [-0.2, -0.15) is 0 Å². The molecule has 0 aliphatic carbocycles. The van der Waals surface area contributed by atoms with Gasteiger partial charge in [0.1, 0.15) is 12.4 Å². The van der Waals surface area contributed by atoms with Crippen molar-refractivity contribution in [3.63, 3.8) is 0 Å². The number of nitrogens with one attached hydrogen (secondary N) is 1. The van der Waals surface area contributed by atoms with Crippen molar-refractivity contribution in [2.75, 3.05) is 13.2 Å². The molecule has 1 atom stereocenters. The third kappa shape index (κ3) is 3.71. The van der Waals surface area contributed by atoms with Crippen molar-refractivity contribution < 1.29 is 4.74 Å².